The molecule has 0 heterocycles. The molecule has 1 atom stereocenters. The van der Waals surface area contributed by atoms with E-state index < -0.39 is 20.4 Å². The Hall–Kier alpha value is -0.680. The van der Waals surface area contributed by atoms with Gasteiger partial charge < -0.3 is 14.5 Å². The van der Waals surface area contributed by atoms with Crippen molar-refractivity contribution >= 4 is 13.8 Å². The SMILES string of the molecule is [2H]C(CCCCCOP(=O)(O)O)OC(=O)C=C. The van der Waals surface area contributed by atoms with E-state index in [1.54, 1.807) is 0 Å². The van der Waals surface area contributed by atoms with Crippen molar-refractivity contribution in [3.8, 4) is 0 Å². The van der Waals surface area contributed by atoms with Crippen LogP contribution in [0.5, 0.6) is 0 Å². The van der Waals surface area contributed by atoms with E-state index in [0.717, 1.165) is 6.08 Å². The molecular weight excluding hydrogens is 235 g/mol. The summed E-state index contributed by atoms with van der Waals surface area (Å²) in [5, 5.41) is 0. The van der Waals surface area contributed by atoms with E-state index in [9.17, 15) is 9.36 Å². The normalized spacial score (nSPS) is 14.0. The first kappa shape index (κ1) is 13.4. The van der Waals surface area contributed by atoms with Crippen LogP contribution < -0.4 is 0 Å². The second-order valence-electron chi connectivity index (χ2n) is 2.98. The van der Waals surface area contributed by atoms with Crippen LogP contribution in [0.15, 0.2) is 12.7 Å². The topological polar surface area (TPSA) is 93.1 Å². The first-order valence-corrected chi connectivity index (χ1v) is 6.33. The molecule has 0 aromatic rings. The highest BCUT2D eigenvalue weighted by Crippen LogP contribution is 2.35. The van der Waals surface area contributed by atoms with Gasteiger partial charge in [0, 0.05) is 6.08 Å². The maximum Gasteiger partial charge on any atom is 0.469 e. The molecule has 0 amide bonds. The Morgan fingerprint density at radius 2 is 2.00 bits per heavy atom. The van der Waals surface area contributed by atoms with Crippen LogP contribution >= 0.6 is 7.82 Å². The fourth-order valence-corrected chi connectivity index (χ4v) is 1.25. The Morgan fingerprint density at radius 1 is 1.38 bits per heavy atom. The lowest BCUT2D eigenvalue weighted by molar-refractivity contribution is -0.137. The number of rotatable bonds is 9. The zero-order valence-corrected chi connectivity index (χ0v) is 9.77. The molecule has 0 bridgehead atoms. The highest BCUT2D eigenvalue weighted by atomic mass is 31.2. The third kappa shape index (κ3) is 11.4. The van der Waals surface area contributed by atoms with Gasteiger partial charge in [0.15, 0.2) is 0 Å². The van der Waals surface area contributed by atoms with Gasteiger partial charge in [0.2, 0.25) is 0 Å². The molecule has 1 unspecified atom stereocenters. The number of phosphoric acid groups is 1. The lowest BCUT2D eigenvalue weighted by Gasteiger charge is -2.05. The van der Waals surface area contributed by atoms with Gasteiger partial charge in [0.25, 0.3) is 0 Å². The number of phosphoric ester groups is 1. The van der Waals surface area contributed by atoms with Gasteiger partial charge >= 0.3 is 13.8 Å². The minimum Gasteiger partial charge on any atom is -0.463 e. The minimum absolute atomic E-state index is 0.0284. The Balaban J connectivity index is 3.42. The molecule has 0 fully saturated rings. The van der Waals surface area contributed by atoms with Crippen LogP contribution in [0.4, 0.5) is 0 Å². The van der Waals surface area contributed by atoms with Crippen molar-refractivity contribution in [2.24, 2.45) is 0 Å². The van der Waals surface area contributed by atoms with Gasteiger partial charge in [0.05, 0.1) is 14.6 Å². The Kier molecular flexibility index (Phi) is 7.09. The van der Waals surface area contributed by atoms with Crippen molar-refractivity contribution < 1.29 is 29.8 Å². The minimum atomic E-state index is -4.37. The predicted molar refractivity (Wildman–Crippen MR) is 57.6 cm³/mol. The van der Waals surface area contributed by atoms with Gasteiger partial charge in [-0.2, -0.15) is 0 Å². The van der Waals surface area contributed by atoms with Crippen LogP contribution in [0.1, 0.15) is 27.1 Å². The van der Waals surface area contributed by atoms with Gasteiger partial charge in [-0.15, -0.1) is 0 Å². The number of hydrogen-bond acceptors (Lipinski definition) is 4. The van der Waals surface area contributed by atoms with Crippen molar-refractivity contribution in [3.05, 3.63) is 12.7 Å². The fourth-order valence-electron chi connectivity index (χ4n) is 0.879. The smallest absolute Gasteiger partial charge is 0.463 e. The molecule has 94 valence electrons. The number of carbonyl (C=O) groups is 1. The molecule has 0 aliphatic carbocycles. The third-order valence-corrected chi connectivity index (χ3v) is 2.11. The second-order valence-corrected chi connectivity index (χ2v) is 4.22. The van der Waals surface area contributed by atoms with E-state index in [0.29, 0.717) is 25.7 Å². The Bertz CT molecular complexity index is 289. The summed E-state index contributed by atoms with van der Waals surface area (Å²) in [6.45, 7) is 2.25. The van der Waals surface area contributed by atoms with E-state index in [1.807, 2.05) is 0 Å². The van der Waals surface area contributed by atoms with Crippen molar-refractivity contribution in [2.45, 2.75) is 25.7 Å². The standard InChI is InChI=1S/C9H17O6P/c1-2-9(10)14-7-5-3-4-6-8-15-16(11,12)13/h2H,1,3-8H2,(H2,11,12,13)/i7D. The van der Waals surface area contributed by atoms with Crippen molar-refractivity contribution in [2.75, 3.05) is 13.2 Å². The predicted octanol–water partition coefficient (Wildman–Crippen LogP) is 1.39. The summed E-state index contributed by atoms with van der Waals surface area (Å²) in [6, 6.07) is 0. The Labute approximate surface area is 95.9 Å². The number of unbranched alkanes of at least 4 members (excludes halogenated alkanes) is 2. The highest BCUT2D eigenvalue weighted by Gasteiger charge is 2.12. The van der Waals surface area contributed by atoms with Gasteiger partial charge in [-0.25, -0.2) is 9.36 Å². The van der Waals surface area contributed by atoms with Crippen molar-refractivity contribution in [1.29, 1.82) is 0 Å². The molecule has 0 aromatic heterocycles. The maximum absolute atomic E-state index is 10.7. The number of hydrogen-bond donors (Lipinski definition) is 2. The van der Waals surface area contributed by atoms with Gasteiger partial charge in [-0.3, -0.25) is 4.52 Å². The molecule has 0 aliphatic rings. The summed E-state index contributed by atoms with van der Waals surface area (Å²) in [5.74, 6) is -0.630. The molecule has 0 aliphatic heterocycles. The molecule has 0 saturated heterocycles. The van der Waals surface area contributed by atoms with Crippen LogP contribution in [0, 0.1) is 0 Å². The molecule has 6 nitrogen and oxygen atoms in total. The lowest BCUT2D eigenvalue weighted by atomic mass is 10.2. The summed E-state index contributed by atoms with van der Waals surface area (Å²) < 4.78 is 26.5. The van der Waals surface area contributed by atoms with Gasteiger partial charge in [0.1, 0.15) is 0 Å². The largest absolute Gasteiger partial charge is 0.469 e. The van der Waals surface area contributed by atoms with E-state index in [4.69, 9.17) is 11.2 Å². The van der Waals surface area contributed by atoms with Gasteiger partial charge in [-0.05, 0) is 19.3 Å². The molecule has 0 radical (unpaired) electrons. The molecule has 2 N–H and O–H groups in total. The van der Waals surface area contributed by atoms with Crippen LogP contribution in [-0.2, 0) is 18.6 Å². The van der Waals surface area contributed by atoms with E-state index in [1.165, 1.54) is 0 Å². The second kappa shape index (κ2) is 8.47. The Morgan fingerprint density at radius 3 is 2.56 bits per heavy atom. The van der Waals surface area contributed by atoms with Crippen LogP contribution in [0.3, 0.4) is 0 Å². The van der Waals surface area contributed by atoms with E-state index in [-0.39, 0.29) is 6.61 Å². The maximum atomic E-state index is 10.7. The summed E-state index contributed by atoms with van der Waals surface area (Å²) >= 11 is 0. The molecule has 0 rings (SSSR count). The summed E-state index contributed by atoms with van der Waals surface area (Å²) in [4.78, 5) is 27.5. The van der Waals surface area contributed by atoms with Crippen LogP contribution in [0.25, 0.3) is 0 Å². The molecule has 7 heteroatoms. The van der Waals surface area contributed by atoms with E-state index in [2.05, 4.69) is 15.8 Å². The molecule has 16 heavy (non-hydrogen) atoms. The van der Waals surface area contributed by atoms with Crippen LogP contribution in [-0.4, -0.2) is 28.9 Å². The molecule has 0 aromatic carbocycles. The number of carbonyl (C=O) groups excluding carboxylic acids is 1. The lowest BCUT2D eigenvalue weighted by Crippen LogP contribution is -2.01. The average molecular weight is 253 g/mol. The summed E-state index contributed by atoms with van der Waals surface area (Å²) in [7, 11) is -4.37. The fraction of sp³-hybridized carbons (Fsp3) is 0.667. The zero-order chi connectivity index (χ0) is 13.3. The molecule has 0 saturated carbocycles. The summed E-state index contributed by atoms with van der Waals surface area (Å²) in [6.07, 6.45) is 3.10. The average Bonchev–Trinajstić information content (AvgIpc) is 2.21. The first-order valence-electron chi connectivity index (χ1n) is 5.38. The number of ether oxygens (including phenoxy) is 1. The quantitative estimate of drug-likeness (QED) is 0.279. The van der Waals surface area contributed by atoms with Gasteiger partial charge in [-0.1, -0.05) is 13.0 Å². The van der Waals surface area contributed by atoms with E-state index >= 15 is 0 Å². The molecular formula is C9H17O6P. The van der Waals surface area contributed by atoms with Crippen molar-refractivity contribution in [3.63, 3.8) is 0 Å². The van der Waals surface area contributed by atoms with Crippen LogP contribution in [0.2, 0.25) is 0 Å². The number of esters is 1. The highest BCUT2D eigenvalue weighted by molar-refractivity contribution is 7.46. The zero-order valence-electron chi connectivity index (χ0n) is 9.87. The first-order chi connectivity index (χ1) is 7.85. The molecule has 0 spiro atoms. The summed E-state index contributed by atoms with van der Waals surface area (Å²) in [5.41, 5.74) is 0. The monoisotopic (exact) mass is 253 g/mol. The van der Waals surface area contributed by atoms with Crippen molar-refractivity contribution in [1.82, 2.24) is 0 Å². The third-order valence-electron chi connectivity index (χ3n) is 1.59.